The molecule has 0 saturated carbocycles. The lowest BCUT2D eigenvalue weighted by Gasteiger charge is -2.32. The maximum Gasteiger partial charge on any atom is 0.270 e. The summed E-state index contributed by atoms with van der Waals surface area (Å²) >= 11 is 0. The quantitative estimate of drug-likeness (QED) is 0.492. The van der Waals surface area contributed by atoms with Crippen LogP contribution in [-0.4, -0.2) is 75.6 Å². The summed E-state index contributed by atoms with van der Waals surface area (Å²) < 4.78 is 7.25. The zero-order valence-corrected chi connectivity index (χ0v) is 19.5. The number of anilines is 2. The van der Waals surface area contributed by atoms with E-state index < -0.39 is 0 Å². The van der Waals surface area contributed by atoms with Crippen molar-refractivity contribution in [1.82, 2.24) is 29.3 Å². The van der Waals surface area contributed by atoms with E-state index in [1.165, 1.54) is 0 Å². The number of amides is 1. The lowest BCUT2D eigenvalue weighted by molar-refractivity contribution is 0.0655. The van der Waals surface area contributed by atoms with Crippen molar-refractivity contribution in [2.45, 2.75) is 0 Å². The second kappa shape index (κ2) is 9.11. The Labute approximate surface area is 198 Å². The fourth-order valence-corrected chi connectivity index (χ4v) is 4.17. The molecular weight excluding hydrogens is 430 g/mol. The Hall–Kier alpha value is -3.98. The van der Waals surface area contributed by atoms with E-state index >= 15 is 0 Å². The third kappa shape index (κ3) is 4.29. The van der Waals surface area contributed by atoms with Gasteiger partial charge in [-0.25, -0.2) is 9.97 Å². The van der Waals surface area contributed by atoms with Crippen LogP contribution in [0.2, 0.25) is 0 Å². The molecule has 1 N–H and O–H groups in total. The van der Waals surface area contributed by atoms with E-state index in [2.05, 4.69) is 32.2 Å². The molecule has 34 heavy (non-hydrogen) atoms. The summed E-state index contributed by atoms with van der Waals surface area (Å²) in [5, 5.41) is 4.25. The summed E-state index contributed by atoms with van der Waals surface area (Å²) in [7, 11) is 5.64. The Morgan fingerprint density at radius 2 is 1.74 bits per heavy atom. The number of ether oxygens (including phenoxy) is 1. The van der Waals surface area contributed by atoms with E-state index in [9.17, 15) is 4.79 Å². The first-order chi connectivity index (χ1) is 16.5. The lowest BCUT2D eigenvalue weighted by atomic mass is 10.2. The number of fused-ring (bicyclic) bond motifs is 1. The van der Waals surface area contributed by atoms with Gasteiger partial charge in [-0.3, -0.25) is 9.78 Å². The fraction of sp³-hybridized carbons (Fsp3) is 0.280. The minimum Gasteiger partial charge on any atom is -0.497 e. The van der Waals surface area contributed by atoms with Crippen molar-refractivity contribution < 1.29 is 9.53 Å². The van der Waals surface area contributed by atoms with Gasteiger partial charge < -0.3 is 24.4 Å². The van der Waals surface area contributed by atoms with E-state index in [0.29, 0.717) is 23.0 Å². The molecule has 0 atom stereocenters. The largest absolute Gasteiger partial charge is 0.497 e. The summed E-state index contributed by atoms with van der Waals surface area (Å²) in [4.78, 5) is 30.6. The number of piperazine rings is 1. The molecule has 9 heteroatoms. The zero-order chi connectivity index (χ0) is 23.7. The zero-order valence-electron chi connectivity index (χ0n) is 19.5. The summed E-state index contributed by atoms with van der Waals surface area (Å²) in [6.45, 7) is 3.29. The average molecular weight is 458 g/mol. The number of rotatable bonds is 5. The molecule has 1 aliphatic rings. The molecule has 1 aliphatic heterocycles. The van der Waals surface area contributed by atoms with Crippen LogP contribution >= 0.6 is 0 Å². The van der Waals surface area contributed by atoms with Gasteiger partial charge >= 0.3 is 0 Å². The second-order valence-electron chi connectivity index (χ2n) is 8.43. The van der Waals surface area contributed by atoms with Gasteiger partial charge in [-0.2, -0.15) is 0 Å². The van der Waals surface area contributed by atoms with E-state index in [1.54, 1.807) is 25.6 Å². The number of pyridine rings is 1. The Bertz CT molecular complexity index is 1340. The summed E-state index contributed by atoms with van der Waals surface area (Å²) in [6.07, 6.45) is 3.38. The molecule has 174 valence electrons. The van der Waals surface area contributed by atoms with Gasteiger partial charge in [-0.1, -0.05) is 0 Å². The highest BCUT2D eigenvalue weighted by atomic mass is 16.5. The molecule has 4 aromatic rings. The number of nitrogens with one attached hydrogen (secondary N) is 1. The van der Waals surface area contributed by atoms with E-state index in [4.69, 9.17) is 4.74 Å². The molecule has 4 heterocycles. The minimum absolute atomic E-state index is 0.0723. The summed E-state index contributed by atoms with van der Waals surface area (Å²) in [5.74, 6) is 1.25. The number of carbonyl (C=O) groups excluding carboxylic acids is 1. The number of aromatic nitrogens is 4. The minimum atomic E-state index is 0.0723. The van der Waals surface area contributed by atoms with Gasteiger partial charge in [0.05, 0.1) is 18.5 Å². The number of likely N-dealkylation sites (N-methyl/N-ethyl adjacent to an activating group) is 1. The highest BCUT2D eigenvalue weighted by molar-refractivity contribution is 5.99. The van der Waals surface area contributed by atoms with Crippen LogP contribution in [0, 0.1) is 0 Å². The van der Waals surface area contributed by atoms with Crippen LogP contribution in [0.5, 0.6) is 5.75 Å². The molecule has 3 aromatic heterocycles. The van der Waals surface area contributed by atoms with E-state index in [1.807, 2.05) is 52.9 Å². The predicted molar refractivity (Wildman–Crippen MR) is 131 cm³/mol. The molecule has 0 radical (unpaired) electrons. The Morgan fingerprint density at radius 1 is 0.941 bits per heavy atom. The van der Waals surface area contributed by atoms with Gasteiger partial charge in [0.1, 0.15) is 11.4 Å². The maximum atomic E-state index is 13.1. The predicted octanol–water partition coefficient (Wildman–Crippen LogP) is 3.17. The molecule has 0 bridgehead atoms. The first-order valence-electron chi connectivity index (χ1n) is 11.2. The average Bonchev–Trinajstić information content (AvgIpc) is 3.20. The van der Waals surface area contributed by atoms with Crippen molar-refractivity contribution in [2.75, 3.05) is 45.7 Å². The Kier molecular flexibility index (Phi) is 5.85. The monoisotopic (exact) mass is 457 g/mol. The first-order valence-corrected chi connectivity index (χ1v) is 11.2. The van der Waals surface area contributed by atoms with Crippen LogP contribution in [0.25, 0.3) is 22.3 Å². The van der Waals surface area contributed by atoms with Crippen molar-refractivity contribution in [3.63, 3.8) is 0 Å². The summed E-state index contributed by atoms with van der Waals surface area (Å²) in [6, 6.07) is 13.4. The SMILES string of the molecule is COc1ccnc(-c2ccnc(Nc3ccc4c(c3)cc(C(=O)N3CCN(C)CC3)n4C)n2)c1. The number of nitrogens with zero attached hydrogens (tertiary/aromatic N) is 6. The van der Waals surface area contributed by atoms with Crippen LogP contribution in [0.15, 0.2) is 54.9 Å². The number of carbonyl (C=O) groups is 1. The smallest absolute Gasteiger partial charge is 0.270 e. The molecule has 1 aromatic carbocycles. The molecular formula is C25H27N7O2. The van der Waals surface area contributed by atoms with Gasteiger partial charge in [-0.15, -0.1) is 0 Å². The Morgan fingerprint density at radius 3 is 2.53 bits per heavy atom. The van der Waals surface area contributed by atoms with Crippen LogP contribution in [0.4, 0.5) is 11.6 Å². The lowest BCUT2D eigenvalue weighted by Crippen LogP contribution is -2.47. The Balaban J connectivity index is 1.38. The summed E-state index contributed by atoms with van der Waals surface area (Å²) in [5.41, 5.74) is 3.93. The van der Waals surface area contributed by atoms with Crippen molar-refractivity contribution in [3.8, 4) is 17.1 Å². The van der Waals surface area contributed by atoms with Gasteiger partial charge in [0.2, 0.25) is 5.95 Å². The number of methoxy groups -OCH3 is 1. The van der Waals surface area contributed by atoms with E-state index in [-0.39, 0.29) is 5.91 Å². The van der Waals surface area contributed by atoms with Crippen LogP contribution in [0.1, 0.15) is 10.5 Å². The molecule has 5 rings (SSSR count). The highest BCUT2D eigenvalue weighted by Crippen LogP contribution is 2.26. The molecule has 0 unspecified atom stereocenters. The number of hydrogen-bond donors (Lipinski definition) is 1. The van der Waals surface area contributed by atoms with Crippen LogP contribution in [-0.2, 0) is 7.05 Å². The van der Waals surface area contributed by atoms with Crippen LogP contribution in [0.3, 0.4) is 0 Å². The second-order valence-corrected chi connectivity index (χ2v) is 8.43. The van der Waals surface area contributed by atoms with Crippen molar-refractivity contribution in [3.05, 3.63) is 60.6 Å². The fourth-order valence-electron chi connectivity index (χ4n) is 4.17. The van der Waals surface area contributed by atoms with Crippen molar-refractivity contribution in [1.29, 1.82) is 0 Å². The molecule has 1 fully saturated rings. The van der Waals surface area contributed by atoms with E-state index in [0.717, 1.165) is 48.5 Å². The number of aryl methyl sites for hydroxylation is 1. The maximum absolute atomic E-state index is 13.1. The normalized spacial score (nSPS) is 14.4. The van der Waals surface area contributed by atoms with Crippen LogP contribution < -0.4 is 10.1 Å². The third-order valence-corrected chi connectivity index (χ3v) is 6.19. The van der Waals surface area contributed by atoms with Gasteiger partial charge in [0.25, 0.3) is 5.91 Å². The molecule has 0 aliphatic carbocycles. The highest BCUT2D eigenvalue weighted by Gasteiger charge is 2.23. The molecule has 1 saturated heterocycles. The number of benzene rings is 1. The van der Waals surface area contributed by atoms with Crippen molar-refractivity contribution in [2.24, 2.45) is 7.05 Å². The number of hydrogen-bond acceptors (Lipinski definition) is 7. The third-order valence-electron chi connectivity index (χ3n) is 6.19. The molecule has 9 nitrogen and oxygen atoms in total. The standard InChI is InChI=1S/C25H27N7O2/c1-30-10-12-32(13-11-30)24(33)23-15-17-14-18(4-5-22(17)31(23)2)28-25-27-9-7-20(29-25)21-16-19(34-3)6-8-26-21/h4-9,14-16H,10-13H2,1-3H3,(H,27,28,29). The van der Waals surface area contributed by atoms with Gasteiger partial charge in [0, 0.05) is 68.3 Å². The molecule has 0 spiro atoms. The van der Waals surface area contributed by atoms with Gasteiger partial charge in [-0.05, 0) is 43.4 Å². The molecule has 1 amide bonds. The topological polar surface area (TPSA) is 88.4 Å². The van der Waals surface area contributed by atoms with Crippen molar-refractivity contribution >= 4 is 28.4 Å². The van der Waals surface area contributed by atoms with Gasteiger partial charge in [0.15, 0.2) is 0 Å². The first kappa shape index (κ1) is 21.8.